The first-order chi connectivity index (χ1) is 15.9. The Hall–Kier alpha value is -1.00. The Kier molecular flexibility index (Phi) is 6.88. The molecule has 0 aromatic heterocycles. The number of nitrogens with zero attached hydrogens (tertiary/aromatic N) is 1. The van der Waals surface area contributed by atoms with Crippen LogP contribution in [0.3, 0.4) is 0 Å². The number of allylic oxidation sites excluding steroid dienone is 2. The van der Waals surface area contributed by atoms with Gasteiger partial charge in [0.15, 0.2) is 0 Å². The first-order valence-electron chi connectivity index (χ1n) is 13.9. The summed E-state index contributed by atoms with van der Waals surface area (Å²) in [4.78, 5) is 26.0. The predicted octanol–water partition coefficient (Wildman–Crippen LogP) is 5.59. The molecule has 4 heteroatoms. The average Bonchev–Trinajstić information content (AvgIpc) is 3.15. The highest BCUT2D eigenvalue weighted by atomic mass is 16.5. The van der Waals surface area contributed by atoms with E-state index < -0.39 is 0 Å². The van der Waals surface area contributed by atoms with E-state index in [4.69, 9.17) is 4.74 Å². The van der Waals surface area contributed by atoms with Gasteiger partial charge in [-0.25, -0.2) is 0 Å². The van der Waals surface area contributed by atoms with Crippen LogP contribution in [-0.4, -0.2) is 48.8 Å². The lowest BCUT2D eigenvalue weighted by Crippen LogP contribution is -2.52. The second-order valence-corrected chi connectivity index (χ2v) is 12.5. The van der Waals surface area contributed by atoms with Crippen molar-refractivity contribution in [2.75, 3.05) is 19.7 Å². The molecule has 5 aliphatic rings. The number of ketones is 1. The van der Waals surface area contributed by atoms with Crippen LogP contribution in [0, 0.1) is 35.0 Å². The third kappa shape index (κ3) is 4.40. The Labute approximate surface area is 200 Å². The molecule has 33 heavy (non-hydrogen) atoms. The zero-order valence-corrected chi connectivity index (χ0v) is 21.2. The van der Waals surface area contributed by atoms with Gasteiger partial charge in [0.1, 0.15) is 12.1 Å². The lowest BCUT2D eigenvalue weighted by Gasteiger charge is -2.52. The molecule has 8 unspecified atom stereocenters. The van der Waals surface area contributed by atoms with Crippen molar-refractivity contribution in [2.24, 2.45) is 35.0 Å². The van der Waals surface area contributed by atoms with E-state index in [1.807, 2.05) is 0 Å². The zero-order chi connectivity index (χ0) is 23.2. The molecule has 2 aliphatic heterocycles. The van der Waals surface area contributed by atoms with Crippen molar-refractivity contribution in [3.8, 4) is 0 Å². The molecule has 1 saturated heterocycles. The summed E-state index contributed by atoms with van der Waals surface area (Å²) in [5.41, 5.74) is 3.76. The highest BCUT2D eigenvalue weighted by Crippen LogP contribution is 2.63. The SMILES string of the molecule is C/C1=C2\CC3C(CCC4CC(=O)CCC43C)C2CCCOC2CC(C)CN(CC=O)C2CC1. The number of likely N-dealkylation sites (tertiary alicyclic amines) is 1. The largest absolute Gasteiger partial charge is 0.377 e. The summed E-state index contributed by atoms with van der Waals surface area (Å²) in [5, 5.41) is 0. The summed E-state index contributed by atoms with van der Waals surface area (Å²) in [5.74, 6) is 4.00. The van der Waals surface area contributed by atoms with Crippen LogP contribution in [0.5, 0.6) is 0 Å². The van der Waals surface area contributed by atoms with Crippen LogP contribution in [-0.2, 0) is 14.3 Å². The van der Waals surface area contributed by atoms with Crippen molar-refractivity contribution in [3.63, 3.8) is 0 Å². The number of hydrogen-bond donors (Lipinski definition) is 0. The molecule has 8 atom stereocenters. The second-order valence-electron chi connectivity index (χ2n) is 12.5. The molecule has 0 radical (unpaired) electrons. The van der Waals surface area contributed by atoms with Gasteiger partial charge in [-0.1, -0.05) is 25.0 Å². The molecule has 5 rings (SSSR count). The van der Waals surface area contributed by atoms with E-state index in [-0.39, 0.29) is 6.10 Å². The third-order valence-corrected chi connectivity index (χ3v) is 10.7. The van der Waals surface area contributed by atoms with E-state index in [2.05, 4.69) is 25.7 Å². The number of rotatable bonds is 2. The van der Waals surface area contributed by atoms with Gasteiger partial charge in [0.25, 0.3) is 0 Å². The van der Waals surface area contributed by atoms with Crippen LogP contribution in [0.1, 0.15) is 91.4 Å². The molecule has 0 spiro atoms. The van der Waals surface area contributed by atoms with E-state index in [0.29, 0.717) is 35.6 Å². The normalized spacial score (nSPS) is 47.0. The second kappa shape index (κ2) is 9.57. The summed E-state index contributed by atoms with van der Waals surface area (Å²) >= 11 is 0. The van der Waals surface area contributed by atoms with E-state index in [1.165, 1.54) is 25.7 Å². The van der Waals surface area contributed by atoms with Crippen molar-refractivity contribution in [3.05, 3.63) is 11.1 Å². The van der Waals surface area contributed by atoms with Crippen LogP contribution < -0.4 is 0 Å². The zero-order valence-electron chi connectivity index (χ0n) is 21.2. The van der Waals surface area contributed by atoms with Crippen LogP contribution in [0.4, 0.5) is 0 Å². The maximum absolute atomic E-state index is 12.2. The molecular weight excluding hydrogens is 410 g/mol. The molecule has 0 aromatic carbocycles. The first-order valence-corrected chi connectivity index (χ1v) is 13.9. The van der Waals surface area contributed by atoms with Gasteiger partial charge in [-0.15, -0.1) is 0 Å². The summed E-state index contributed by atoms with van der Waals surface area (Å²) in [6, 6.07) is 0.369. The number of aldehydes is 1. The third-order valence-electron chi connectivity index (χ3n) is 10.7. The van der Waals surface area contributed by atoms with E-state index in [0.717, 1.165) is 82.1 Å². The minimum atomic E-state index is 0.270. The van der Waals surface area contributed by atoms with Gasteiger partial charge < -0.3 is 9.53 Å². The molecule has 4 fully saturated rings. The Morgan fingerprint density at radius 1 is 1.15 bits per heavy atom. The standard InChI is InChI=1S/C29H45NO3/c1-19-15-28-27(30(18-19)12-13-31)9-6-20(2)25-17-26-24(23(25)5-4-14-33-28)8-7-21-16-22(32)10-11-29(21,26)3/h13,19,21,23-24,26-28H,4-12,14-18H2,1-3H3/b25-20-. The average molecular weight is 456 g/mol. The summed E-state index contributed by atoms with van der Waals surface area (Å²) in [7, 11) is 0. The predicted molar refractivity (Wildman–Crippen MR) is 131 cm³/mol. The number of carbonyl (C=O) groups is 2. The van der Waals surface area contributed by atoms with E-state index in [1.54, 1.807) is 11.1 Å². The smallest absolute Gasteiger partial charge is 0.133 e. The summed E-state index contributed by atoms with van der Waals surface area (Å²) in [6.07, 6.45) is 13.7. The molecule has 0 amide bonds. The number of Topliss-reactive ketones (excluding diaryl/α,β-unsaturated/α-hetero) is 1. The molecule has 0 bridgehead atoms. The molecule has 4 nitrogen and oxygen atoms in total. The van der Waals surface area contributed by atoms with Crippen LogP contribution >= 0.6 is 0 Å². The first kappa shape index (κ1) is 23.7. The van der Waals surface area contributed by atoms with Crippen molar-refractivity contribution in [1.29, 1.82) is 0 Å². The maximum atomic E-state index is 12.2. The summed E-state index contributed by atoms with van der Waals surface area (Å²) < 4.78 is 6.55. The topological polar surface area (TPSA) is 46.6 Å². The van der Waals surface area contributed by atoms with Crippen molar-refractivity contribution in [2.45, 2.75) is 104 Å². The van der Waals surface area contributed by atoms with Gasteiger partial charge in [0.2, 0.25) is 0 Å². The monoisotopic (exact) mass is 455 g/mol. The quantitative estimate of drug-likeness (QED) is 0.402. The highest BCUT2D eigenvalue weighted by Gasteiger charge is 2.55. The van der Waals surface area contributed by atoms with Gasteiger partial charge in [-0.05, 0) is 99.7 Å². The number of carbonyl (C=O) groups excluding carboxylic acids is 2. The summed E-state index contributed by atoms with van der Waals surface area (Å²) in [6.45, 7) is 9.66. The highest BCUT2D eigenvalue weighted by molar-refractivity contribution is 5.79. The molecule has 3 aliphatic carbocycles. The Morgan fingerprint density at radius 2 is 2.00 bits per heavy atom. The fourth-order valence-corrected chi connectivity index (χ4v) is 8.93. The lowest BCUT2D eigenvalue weighted by molar-refractivity contribution is -0.129. The Bertz CT molecular complexity index is 790. The minimum Gasteiger partial charge on any atom is -0.377 e. The number of fused-ring (bicyclic) bond motifs is 6. The fourth-order valence-electron chi connectivity index (χ4n) is 8.93. The van der Waals surface area contributed by atoms with Crippen LogP contribution in [0.15, 0.2) is 11.1 Å². The van der Waals surface area contributed by atoms with Gasteiger partial charge in [-0.3, -0.25) is 9.69 Å². The maximum Gasteiger partial charge on any atom is 0.133 e. The number of hydrogen-bond acceptors (Lipinski definition) is 4. The van der Waals surface area contributed by atoms with E-state index in [9.17, 15) is 9.59 Å². The van der Waals surface area contributed by atoms with Crippen molar-refractivity contribution in [1.82, 2.24) is 4.90 Å². The molecule has 0 aromatic rings. The van der Waals surface area contributed by atoms with Crippen LogP contribution in [0.25, 0.3) is 0 Å². The number of piperidine rings is 1. The molecular formula is C29H45NO3. The molecule has 0 N–H and O–H groups in total. The van der Waals surface area contributed by atoms with Crippen LogP contribution in [0.2, 0.25) is 0 Å². The van der Waals surface area contributed by atoms with Gasteiger partial charge in [-0.2, -0.15) is 0 Å². The number of ether oxygens (including phenoxy) is 1. The molecule has 3 saturated carbocycles. The van der Waals surface area contributed by atoms with Gasteiger partial charge in [0.05, 0.1) is 12.6 Å². The molecule has 184 valence electrons. The Morgan fingerprint density at radius 3 is 2.82 bits per heavy atom. The van der Waals surface area contributed by atoms with Crippen molar-refractivity contribution < 1.29 is 14.3 Å². The molecule has 2 heterocycles. The Balaban J connectivity index is 1.39. The minimum absolute atomic E-state index is 0.270. The lowest BCUT2D eigenvalue weighted by atomic mass is 9.52. The van der Waals surface area contributed by atoms with E-state index >= 15 is 0 Å². The van der Waals surface area contributed by atoms with Gasteiger partial charge in [0, 0.05) is 32.0 Å². The fraction of sp³-hybridized carbons (Fsp3) is 0.862. The van der Waals surface area contributed by atoms with Gasteiger partial charge >= 0.3 is 0 Å². The van der Waals surface area contributed by atoms with Crippen molar-refractivity contribution >= 4 is 12.1 Å².